The summed E-state index contributed by atoms with van der Waals surface area (Å²) >= 11 is 7.60. The van der Waals surface area contributed by atoms with Crippen LogP contribution in [0.3, 0.4) is 0 Å². The largest absolute Gasteiger partial charge is 0.357 e. The summed E-state index contributed by atoms with van der Waals surface area (Å²) in [6.07, 6.45) is 1.16. The number of nitrogens with zero attached hydrogens (tertiary/aromatic N) is 1. The zero-order valence-corrected chi connectivity index (χ0v) is 18.1. The Bertz CT molecular complexity index is 795. The molecule has 0 saturated carbocycles. The number of aryl methyl sites for hydroxylation is 1. The molecule has 0 aliphatic carbocycles. The fourth-order valence-electron chi connectivity index (χ4n) is 2.89. The van der Waals surface area contributed by atoms with Crippen molar-refractivity contribution in [2.45, 2.75) is 44.2 Å². The minimum absolute atomic E-state index is 0.00527. The van der Waals surface area contributed by atoms with Crippen molar-refractivity contribution in [2.24, 2.45) is 0 Å². The highest BCUT2D eigenvalue weighted by molar-refractivity contribution is 7.99. The Morgan fingerprint density at radius 1 is 1.18 bits per heavy atom. The third-order valence-corrected chi connectivity index (χ3v) is 5.82. The van der Waals surface area contributed by atoms with E-state index in [1.807, 2.05) is 55.5 Å². The van der Waals surface area contributed by atoms with Crippen LogP contribution in [0.1, 0.15) is 30.9 Å². The molecule has 0 aliphatic rings. The average Bonchev–Trinajstić information content (AvgIpc) is 2.69. The molecule has 0 saturated heterocycles. The van der Waals surface area contributed by atoms with Gasteiger partial charge in [0.15, 0.2) is 0 Å². The van der Waals surface area contributed by atoms with E-state index in [1.165, 1.54) is 0 Å². The molecule has 2 aromatic rings. The minimum Gasteiger partial charge on any atom is -0.357 e. The molecule has 2 aromatic carbocycles. The number of thioether (sulfide) groups is 1. The highest BCUT2D eigenvalue weighted by atomic mass is 35.5. The summed E-state index contributed by atoms with van der Waals surface area (Å²) in [7, 11) is 1.59. The summed E-state index contributed by atoms with van der Waals surface area (Å²) < 4.78 is 0. The van der Waals surface area contributed by atoms with Gasteiger partial charge in [-0.15, -0.1) is 11.8 Å². The van der Waals surface area contributed by atoms with Crippen LogP contribution < -0.4 is 5.32 Å². The number of amides is 2. The number of carbonyl (C=O) groups excluding carboxylic acids is 2. The maximum Gasteiger partial charge on any atom is 0.242 e. The van der Waals surface area contributed by atoms with Crippen molar-refractivity contribution >= 4 is 35.2 Å². The van der Waals surface area contributed by atoms with Crippen LogP contribution in [-0.4, -0.2) is 35.6 Å². The molecule has 0 bridgehead atoms. The normalized spacial score (nSPS) is 11.7. The number of likely N-dealkylation sites (N-methyl/N-ethyl adjacent to an activating group) is 1. The standard InChI is InChI=1S/C22H27ClN2O2S/c1-16-6-4-7-18(14-16)15-25(17(2)22(27)24-3)21(26)8-5-13-28-20-11-9-19(23)10-12-20/h4,6-7,9-12,14,17H,5,8,13,15H2,1-3H3,(H,24,27)/t17-/m0/s1. The molecule has 4 nitrogen and oxygen atoms in total. The van der Waals surface area contributed by atoms with Crippen LogP contribution in [-0.2, 0) is 16.1 Å². The summed E-state index contributed by atoms with van der Waals surface area (Å²) in [5.74, 6) is 0.672. The molecule has 2 amide bonds. The van der Waals surface area contributed by atoms with E-state index in [2.05, 4.69) is 5.32 Å². The second kappa shape index (κ2) is 11.1. The smallest absolute Gasteiger partial charge is 0.242 e. The van der Waals surface area contributed by atoms with Crippen LogP contribution in [0.15, 0.2) is 53.4 Å². The molecule has 0 heterocycles. The van der Waals surface area contributed by atoms with Crippen molar-refractivity contribution in [1.82, 2.24) is 10.2 Å². The molecule has 6 heteroatoms. The van der Waals surface area contributed by atoms with Gasteiger partial charge in [-0.3, -0.25) is 9.59 Å². The molecule has 2 rings (SSSR count). The predicted molar refractivity (Wildman–Crippen MR) is 117 cm³/mol. The fourth-order valence-corrected chi connectivity index (χ4v) is 3.87. The average molecular weight is 419 g/mol. The number of hydrogen-bond acceptors (Lipinski definition) is 3. The van der Waals surface area contributed by atoms with E-state index in [0.717, 1.165) is 33.2 Å². The number of rotatable bonds is 9. The first-order valence-corrected chi connectivity index (χ1v) is 10.7. The van der Waals surface area contributed by atoms with Gasteiger partial charge in [-0.25, -0.2) is 0 Å². The van der Waals surface area contributed by atoms with Crippen LogP contribution in [0.5, 0.6) is 0 Å². The molecule has 0 unspecified atom stereocenters. The van der Waals surface area contributed by atoms with Crippen LogP contribution >= 0.6 is 23.4 Å². The number of halogens is 1. The molecule has 1 atom stereocenters. The molecule has 28 heavy (non-hydrogen) atoms. The summed E-state index contributed by atoms with van der Waals surface area (Å²) in [5, 5.41) is 3.36. The van der Waals surface area contributed by atoms with Crippen LogP contribution in [0.4, 0.5) is 0 Å². The Morgan fingerprint density at radius 3 is 2.54 bits per heavy atom. The summed E-state index contributed by atoms with van der Waals surface area (Å²) in [6.45, 7) is 4.22. The fraction of sp³-hybridized carbons (Fsp3) is 0.364. The van der Waals surface area contributed by atoms with Crippen LogP contribution in [0.25, 0.3) is 0 Å². The van der Waals surface area contributed by atoms with Gasteiger partial charge in [0.2, 0.25) is 11.8 Å². The van der Waals surface area contributed by atoms with Crippen molar-refractivity contribution in [3.05, 3.63) is 64.7 Å². The highest BCUT2D eigenvalue weighted by Crippen LogP contribution is 2.22. The van der Waals surface area contributed by atoms with E-state index in [9.17, 15) is 9.59 Å². The lowest BCUT2D eigenvalue weighted by Gasteiger charge is -2.28. The second-order valence-corrected chi connectivity index (χ2v) is 8.31. The van der Waals surface area contributed by atoms with Crippen molar-refractivity contribution < 1.29 is 9.59 Å². The molecular formula is C22H27ClN2O2S. The quantitative estimate of drug-likeness (QED) is 0.475. The molecule has 1 N–H and O–H groups in total. The highest BCUT2D eigenvalue weighted by Gasteiger charge is 2.25. The first kappa shape index (κ1) is 22.3. The lowest BCUT2D eigenvalue weighted by atomic mass is 10.1. The first-order valence-electron chi connectivity index (χ1n) is 9.35. The van der Waals surface area contributed by atoms with Gasteiger partial charge in [0.05, 0.1) is 0 Å². The molecule has 0 aliphatic heterocycles. The number of nitrogens with one attached hydrogen (secondary N) is 1. The second-order valence-electron chi connectivity index (χ2n) is 6.71. The Labute approximate surface area is 176 Å². The maximum atomic E-state index is 12.9. The van der Waals surface area contributed by atoms with E-state index in [0.29, 0.717) is 13.0 Å². The van der Waals surface area contributed by atoms with Crippen molar-refractivity contribution in [1.29, 1.82) is 0 Å². The lowest BCUT2D eigenvalue weighted by Crippen LogP contribution is -2.46. The number of carbonyl (C=O) groups is 2. The van der Waals surface area contributed by atoms with E-state index in [-0.39, 0.29) is 11.8 Å². The van der Waals surface area contributed by atoms with Gasteiger partial charge in [0, 0.05) is 29.9 Å². The Morgan fingerprint density at radius 2 is 1.89 bits per heavy atom. The molecule has 0 spiro atoms. The Kier molecular flexibility index (Phi) is 8.87. The molecule has 150 valence electrons. The molecule has 0 fully saturated rings. The van der Waals surface area contributed by atoms with Gasteiger partial charge in [-0.2, -0.15) is 0 Å². The van der Waals surface area contributed by atoms with Gasteiger partial charge in [-0.1, -0.05) is 41.4 Å². The maximum absolute atomic E-state index is 12.9. The van der Waals surface area contributed by atoms with Gasteiger partial charge < -0.3 is 10.2 Å². The van der Waals surface area contributed by atoms with E-state index >= 15 is 0 Å². The molecular weight excluding hydrogens is 392 g/mol. The monoisotopic (exact) mass is 418 g/mol. The van der Waals surface area contributed by atoms with Crippen molar-refractivity contribution in [3.63, 3.8) is 0 Å². The predicted octanol–water partition coefficient (Wildman–Crippen LogP) is 4.68. The summed E-state index contributed by atoms with van der Waals surface area (Å²) in [4.78, 5) is 27.8. The third kappa shape index (κ3) is 6.88. The Balaban J connectivity index is 1.95. The van der Waals surface area contributed by atoms with Gasteiger partial charge >= 0.3 is 0 Å². The van der Waals surface area contributed by atoms with Gasteiger partial charge in [-0.05, 0) is 55.9 Å². The summed E-state index contributed by atoms with van der Waals surface area (Å²) in [5.41, 5.74) is 2.16. The molecule has 0 aromatic heterocycles. The van der Waals surface area contributed by atoms with E-state index in [4.69, 9.17) is 11.6 Å². The third-order valence-electron chi connectivity index (χ3n) is 4.47. The SMILES string of the molecule is CNC(=O)[C@H](C)N(Cc1cccc(C)c1)C(=O)CCCSc1ccc(Cl)cc1. The molecule has 0 radical (unpaired) electrons. The lowest BCUT2D eigenvalue weighted by molar-refractivity contribution is -0.140. The minimum atomic E-state index is -0.512. The van der Waals surface area contributed by atoms with Crippen molar-refractivity contribution in [3.8, 4) is 0 Å². The van der Waals surface area contributed by atoms with Crippen molar-refractivity contribution in [2.75, 3.05) is 12.8 Å². The topological polar surface area (TPSA) is 49.4 Å². The Hall–Kier alpha value is -1.98. The zero-order valence-electron chi connectivity index (χ0n) is 16.6. The number of benzene rings is 2. The van der Waals surface area contributed by atoms with E-state index in [1.54, 1.807) is 30.6 Å². The summed E-state index contributed by atoms with van der Waals surface area (Å²) in [6, 6.07) is 15.2. The van der Waals surface area contributed by atoms with Crippen LogP contribution in [0, 0.1) is 6.92 Å². The zero-order chi connectivity index (χ0) is 20.5. The van der Waals surface area contributed by atoms with E-state index < -0.39 is 6.04 Å². The van der Waals surface area contributed by atoms with Gasteiger partial charge in [0.1, 0.15) is 6.04 Å². The number of hydrogen-bond donors (Lipinski definition) is 1. The van der Waals surface area contributed by atoms with Crippen LogP contribution in [0.2, 0.25) is 5.02 Å². The first-order chi connectivity index (χ1) is 13.4. The van der Waals surface area contributed by atoms with Gasteiger partial charge in [0.25, 0.3) is 0 Å².